The van der Waals surface area contributed by atoms with Crippen molar-refractivity contribution in [3.05, 3.63) is 59.8 Å². The van der Waals surface area contributed by atoms with Crippen molar-refractivity contribution in [3.8, 4) is 21.0 Å². The topological polar surface area (TPSA) is 54.9 Å². The van der Waals surface area contributed by atoms with Crippen LogP contribution in [0.1, 0.15) is 56.7 Å². The summed E-state index contributed by atoms with van der Waals surface area (Å²) in [6, 6.07) is 9.88. The molecule has 1 aliphatic carbocycles. The van der Waals surface area contributed by atoms with Crippen LogP contribution in [0.15, 0.2) is 42.7 Å². The van der Waals surface area contributed by atoms with Crippen molar-refractivity contribution < 1.29 is 9.18 Å². The van der Waals surface area contributed by atoms with Crippen LogP contribution in [0.25, 0.3) is 21.0 Å². The van der Waals surface area contributed by atoms with Gasteiger partial charge in [-0.25, -0.2) is 9.37 Å². The van der Waals surface area contributed by atoms with Crippen molar-refractivity contribution in [1.29, 1.82) is 0 Å². The molecule has 3 aromatic rings. The lowest BCUT2D eigenvalue weighted by atomic mass is 9.72. The van der Waals surface area contributed by atoms with Gasteiger partial charge in [0.15, 0.2) is 0 Å². The number of halogens is 1. The molecule has 4 nitrogen and oxygen atoms in total. The van der Waals surface area contributed by atoms with E-state index in [1.807, 2.05) is 0 Å². The van der Waals surface area contributed by atoms with Gasteiger partial charge in [-0.2, -0.15) is 0 Å². The number of aryl methyl sites for hydroxylation is 1. The van der Waals surface area contributed by atoms with E-state index in [9.17, 15) is 9.18 Å². The molecule has 1 fully saturated rings. The average molecular weight is 452 g/mol. The largest absolute Gasteiger partial charge is 0.356 e. The van der Waals surface area contributed by atoms with Crippen molar-refractivity contribution in [2.45, 2.75) is 52.4 Å². The van der Waals surface area contributed by atoms with E-state index >= 15 is 0 Å². The van der Waals surface area contributed by atoms with Gasteiger partial charge in [0, 0.05) is 30.1 Å². The first kappa shape index (κ1) is 22.6. The highest BCUT2D eigenvalue weighted by Crippen LogP contribution is 2.46. The maximum atomic E-state index is 13.9. The van der Waals surface area contributed by atoms with Gasteiger partial charge in [-0.15, -0.1) is 11.3 Å². The molecule has 0 aliphatic heterocycles. The van der Waals surface area contributed by atoms with Crippen LogP contribution in [0.4, 0.5) is 4.39 Å². The summed E-state index contributed by atoms with van der Waals surface area (Å²) in [5, 5.41) is 3.86. The van der Waals surface area contributed by atoms with Crippen LogP contribution in [-0.2, 0) is 4.79 Å². The van der Waals surface area contributed by atoms with Gasteiger partial charge < -0.3 is 5.32 Å². The molecule has 1 aliphatic rings. The highest BCUT2D eigenvalue weighted by molar-refractivity contribution is 7.18. The van der Waals surface area contributed by atoms with Crippen LogP contribution in [0.3, 0.4) is 0 Å². The first-order valence-corrected chi connectivity index (χ1v) is 12.2. The Morgan fingerprint density at radius 2 is 1.97 bits per heavy atom. The molecule has 1 amide bonds. The fourth-order valence-corrected chi connectivity index (χ4v) is 5.65. The maximum Gasteiger partial charge on any atom is 0.223 e. The van der Waals surface area contributed by atoms with Crippen molar-refractivity contribution in [2.24, 2.45) is 11.8 Å². The summed E-state index contributed by atoms with van der Waals surface area (Å²) in [4.78, 5) is 23.2. The summed E-state index contributed by atoms with van der Waals surface area (Å²) < 4.78 is 13.9. The van der Waals surface area contributed by atoms with Gasteiger partial charge in [0.25, 0.3) is 0 Å². The molecule has 4 rings (SSSR count). The number of nitrogens with one attached hydrogen (secondary N) is 1. The molecule has 0 spiro atoms. The Hall–Kier alpha value is -2.60. The third kappa shape index (κ3) is 4.90. The molecule has 6 heteroatoms. The number of hydrogen-bond acceptors (Lipinski definition) is 4. The number of hydrogen-bond donors (Lipinski definition) is 1. The van der Waals surface area contributed by atoms with Gasteiger partial charge in [0.05, 0.1) is 16.8 Å². The fraction of sp³-hybridized carbons (Fsp3) is 0.423. The van der Waals surface area contributed by atoms with E-state index in [0.717, 1.165) is 46.8 Å². The van der Waals surface area contributed by atoms with Crippen LogP contribution >= 0.6 is 11.3 Å². The second-order valence-corrected chi connectivity index (χ2v) is 9.91. The molecular weight excluding hydrogens is 421 g/mol. The zero-order valence-electron chi connectivity index (χ0n) is 18.9. The normalized spacial score (nSPS) is 20.8. The molecule has 0 saturated heterocycles. The minimum Gasteiger partial charge on any atom is -0.356 e. The Bertz CT molecular complexity index is 1080. The summed E-state index contributed by atoms with van der Waals surface area (Å²) in [7, 11) is 0. The maximum absolute atomic E-state index is 13.9. The molecule has 1 unspecified atom stereocenters. The van der Waals surface area contributed by atoms with E-state index < -0.39 is 0 Å². The van der Waals surface area contributed by atoms with E-state index in [1.165, 1.54) is 17.8 Å². The summed E-state index contributed by atoms with van der Waals surface area (Å²) >= 11 is 1.56. The van der Waals surface area contributed by atoms with Crippen molar-refractivity contribution >= 4 is 17.2 Å². The highest BCUT2D eigenvalue weighted by Gasteiger charge is 2.37. The number of nitrogens with zero attached hydrogens (tertiary/aromatic N) is 2. The Balaban J connectivity index is 1.79. The summed E-state index contributed by atoms with van der Waals surface area (Å²) in [5.74, 6) is 0.206. The first-order valence-electron chi connectivity index (χ1n) is 11.4. The fourth-order valence-electron chi connectivity index (χ4n) is 4.52. The molecule has 0 bridgehead atoms. The summed E-state index contributed by atoms with van der Waals surface area (Å²) in [6.07, 6.45) is 6.63. The lowest BCUT2D eigenvalue weighted by molar-refractivity contribution is -0.127. The van der Waals surface area contributed by atoms with E-state index in [1.54, 1.807) is 17.5 Å². The number of pyridine rings is 1. The number of thiazole rings is 1. The van der Waals surface area contributed by atoms with Crippen molar-refractivity contribution in [1.82, 2.24) is 15.3 Å². The number of amides is 1. The van der Waals surface area contributed by atoms with Gasteiger partial charge in [0.1, 0.15) is 10.8 Å². The Kier molecular flexibility index (Phi) is 6.99. The number of carbonyl (C=O) groups is 1. The van der Waals surface area contributed by atoms with E-state index in [4.69, 9.17) is 4.98 Å². The predicted octanol–water partition coefficient (Wildman–Crippen LogP) is 6.37. The monoisotopic (exact) mass is 451 g/mol. The molecule has 1 aromatic carbocycles. The van der Waals surface area contributed by atoms with Crippen LogP contribution in [0.5, 0.6) is 0 Å². The van der Waals surface area contributed by atoms with E-state index in [-0.39, 0.29) is 23.6 Å². The number of rotatable bonds is 6. The smallest absolute Gasteiger partial charge is 0.223 e. The summed E-state index contributed by atoms with van der Waals surface area (Å²) in [6.45, 7) is 7.05. The van der Waals surface area contributed by atoms with Crippen LogP contribution in [-0.4, -0.2) is 22.4 Å². The minimum absolute atomic E-state index is 0.0471. The molecule has 0 radical (unpaired) electrons. The molecule has 1 N–H and O–H groups in total. The Labute approximate surface area is 193 Å². The highest BCUT2D eigenvalue weighted by atomic mass is 32.1. The molecule has 2 aromatic heterocycles. The zero-order valence-corrected chi connectivity index (χ0v) is 19.7. The molecule has 32 heavy (non-hydrogen) atoms. The number of aromatic nitrogens is 2. The Morgan fingerprint density at radius 3 is 2.69 bits per heavy atom. The zero-order chi connectivity index (χ0) is 22.7. The molecule has 168 valence electrons. The number of carbonyl (C=O) groups excluding carboxylic acids is 1. The van der Waals surface area contributed by atoms with Gasteiger partial charge in [-0.3, -0.25) is 9.78 Å². The average Bonchev–Trinajstić information content (AvgIpc) is 3.23. The van der Waals surface area contributed by atoms with Gasteiger partial charge in [-0.05, 0) is 43.7 Å². The second kappa shape index (κ2) is 9.90. The third-order valence-corrected chi connectivity index (χ3v) is 7.44. The standard InChI is InChI=1S/C26H30FN3OS/c1-4-11-29-25(31)22-12-17(3)7-10-21(22)23-24(18-8-5-16(2)6-9-18)32-26(30-23)19-13-20(27)15-28-14-19/h5-6,8-9,13-15,17,21-22H,4,7,10-12H2,1-3H3,(H,29,31)/t17-,21+,22?/m0/s1. The molecular formula is C26H30FN3OS. The SMILES string of the molecule is CCCNC(=O)C1C[C@@H](C)CC[C@H]1c1nc(-c2cncc(F)c2)sc1-c1ccc(C)cc1. The van der Waals surface area contributed by atoms with Gasteiger partial charge >= 0.3 is 0 Å². The predicted molar refractivity (Wildman–Crippen MR) is 128 cm³/mol. The van der Waals surface area contributed by atoms with Crippen LogP contribution < -0.4 is 5.32 Å². The minimum atomic E-state index is -0.376. The Morgan fingerprint density at radius 1 is 1.19 bits per heavy atom. The summed E-state index contributed by atoms with van der Waals surface area (Å²) in [5.41, 5.74) is 3.91. The van der Waals surface area contributed by atoms with E-state index in [0.29, 0.717) is 18.0 Å². The van der Waals surface area contributed by atoms with Crippen molar-refractivity contribution in [3.63, 3.8) is 0 Å². The lowest BCUT2D eigenvalue weighted by Gasteiger charge is -2.33. The van der Waals surface area contributed by atoms with Gasteiger partial charge in [-0.1, -0.05) is 50.1 Å². The van der Waals surface area contributed by atoms with E-state index in [2.05, 4.69) is 55.3 Å². The lowest BCUT2D eigenvalue weighted by Crippen LogP contribution is -2.38. The third-order valence-electron chi connectivity index (χ3n) is 6.27. The first-order chi connectivity index (χ1) is 15.5. The quantitative estimate of drug-likeness (QED) is 0.474. The molecule has 3 atom stereocenters. The second-order valence-electron chi connectivity index (χ2n) is 8.91. The number of benzene rings is 1. The van der Waals surface area contributed by atoms with Gasteiger partial charge in [0.2, 0.25) is 5.91 Å². The van der Waals surface area contributed by atoms with Crippen LogP contribution in [0, 0.1) is 24.6 Å². The molecule has 2 heterocycles. The van der Waals surface area contributed by atoms with Crippen molar-refractivity contribution in [2.75, 3.05) is 6.54 Å². The molecule has 1 saturated carbocycles. The van der Waals surface area contributed by atoms with Crippen LogP contribution in [0.2, 0.25) is 0 Å².